The minimum atomic E-state index is -0.171. The second-order valence-electron chi connectivity index (χ2n) is 5.53. The summed E-state index contributed by atoms with van der Waals surface area (Å²) in [5.41, 5.74) is 4.22. The molecule has 0 atom stereocenters. The van der Waals surface area contributed by atoms with Crippen molar-refractivity contribution in [2.75, 3.05) is 11.9 Å². The molecule has 1 N–H and O–H groups in total. The topological polar surface area (TPSA) is 55.6 Å². The Morgan fingerprint density at radius 3 is 2.75 bits per heavy atom. The second-order valence-corrected chi connectivity index (χ2v) is 5.53. The van der Waals surface area contributed by atoms with E-state index in [1.807, 2.05) is 54.8 Å². The van der Waals surface area contributed by atoms with Crippen LogP contribution in [0.25, 0.3) is 5.65 Å². The van der Waals surface area contributed by atoms with Gasteiger partial charge in [0.1, 0.15) is 11.4 Å². The van der Waals surface area contributed by atoms with E-state index in [1.165, 1.54) is 0 Å². The van der Waals surface area contributed by atoms with Crippen LogP contribution in [0.3, 0.4) is 0 Å². The van der Waals surface area contributed by atoms with E-state index in [2.05, 4.69) is 17.2 Å². The Bertz CT molecular complexity index is 883. The van der Waals surface area contributed by atoms with E-state index in [4.69, 9.17) is 4.74 Å². The van der Waals surface area contributed by atoms with Gasteiger partial charge in [0, 0.05) is 11.9 Å². The number of fused-ring (bicyclic) bond motifs is 1. The number of imidazole rings is 1. The lowest BCUT2D eigenvalue weighted by Crippen LogP contribution is -2.13. The first kappa shape index (κ1) is 16.1. The molecule has 0 unspecified atom stereocenters. The van der Waals surface area contributed by atoms with Crippen molar-refractivity contribution in [3.05, 3.63) is 59.5 Å². The minimum absolute atomic E-state index is 0.171. The first-order valence-corrected chi connectivity index (χ1v) is 8.14. The highest BCUT2D eigenvalue weighted by Gasteiger charge is 2.12. The molecule has 3 rings (SSSR count). The second kappa shape index (κ2) is 6.74. The number of hydrogen-bond donors (Lipinski definition) is 1. The average Bonchev–Trinajstić information content (AvgIpc) is 2.92. The number of aromatic nitrogens is 2. The predicted molar refractivity (Wildman–Crippen MR) is 94.9 cm³/mol. The molecule has 0 aliphatic rings. The summed E-state index contributed by atoms with van der Waals surface area (Å²) >= 11 is 0. The number of pyridine rings is 1. The van der Waals surface area contributed by atoms with E-state index >= 15 is 0 Å². The number of carbonyl (C=O) groups is 1. The third kappa shape index (κ3) is 2.97. The largest absolute Gasteiger partial charge is 0.492 e. The molecule has 1 aromatic carbocycles. The summed E-state index contributed by atoms with van der Waals surface area (Å²) in [6.07, 6.45) is 2.70. The van der Waals surface area contributed by atoms with Gasteiger partial charge in [-0.2, -0.15) is 0 Å². The fraction of sp³-hybridized carbons (Fsp3) is 0.263. The van der Waals surface area contributed by atoms with Crippen molar-refractivity contribution in [3.8, 4) is 5.75 Å². The zero-order valence-corrected chi connectivity index (χ0v) is 14.2. The summed E-state index contributed by atoms with van der Waals surface area (Å²) in [7, 11) is 0. The monoisotopic (exact) mass is 323 g/mol. The van der Waals surface area contributed by atoms with Crippen LogP contribution < -0.4 is 10.1 Å². The lowest BCUT2D eigenvalue weighted by atomic mass is 10.2. The number of carbonyl (C=O) groups excluding carboxylic acids is 1. The summed E-state index contributed by atoms with van der Waals surface area (Å²) in [6, 6.07) is 11.1. The van der Waals surface area contributed by atoms with Crippen LogP contribution in [0.1, 0.15) is 35.6 Å². The van der Waals surface area contributed by atoms with Gasteiger partial charge in [0.15, 0.2) is 0 Å². The minimum Gasteiger partial charge on any atom is -0.492 e. The molecule has 2 heterocycles. The molecule has 1 amide bonds. The molecule has 5 nitrogen and oxygen atoms in total. The van der Waals surface area contributed by atoms with Gasteiger partial charge in [0.05, 0.1) is 23.6 Å². The highest BCUT2D eigenvalue weighted by molar-refractivity contribution is 6.05. The van der Waals surface area contributed by atoms with E-state index in [9.17, 15) is 4.79 Å². The maximum atomic E-state index is 12.6. The zero-order chi connectivity index (χ0) is 17.1. The maximum Gasteiger partial charge on any atom is 0.257 e. The third-order valence-corrected chi connectivity index (χ3v) is 3.99. The summed E-state index contributed by atoms with van der Waals surface area (Å²) < 4.78 is 7.51. The molecule has 0 fully saturated rings. The quantitative estimate of drug-likeness (QED) is 0.776. The van der Waals surface area contributed by atoms with Gasteiger partial charge >= 0.3 is 0 Å². The summed E-state index contributed by atoms with van der Waals surface area (Å²) in [5, 5.41) is 2.92. The molecule has 24 heavy (non-hydrogen) atoms. The molecule has 0 spiro atoms. The summed E-state index contributed by atoms with van der Waals surface area (Å²) in [6.45, 7) is 6.56. The standard InChI is InChI=1S/C19H21N3O2/c1-4-15-13(3)22-12-14(10-11-18(22)20-15)19(23)21-16-8-6-7-9-17(16)24-5-2/h6-12H,4-5H2,1-3H3,(H,21,23). The molecule has 0 aliphatic heterocycles. The van der Waals surface area contributed by atoms with Crippen molar-refractivity contribution in [3.63, 3.8) is 0 Å². The SMILES string of the molecule is CCOc1ccccc1NC(=O)c1ccc2nc(CC)c(C)n2c1. The molecular formula is C19H21N3O2. The molecule has 0 bridgehead atoms. The van der Waals surface area contributed by atoms with Crippen molar-refractivity contribution >= 4 is 17.2 Å². The van der Waals surface area contributed by atoms with Crippen molar-refractivity contribution in [1.82, 2.24) is 9.38 Å². The van der Waals surface area contributed by atoms with Gasteiger partial charge in [0.25, 0.3) is 5.91 Å². The highest BCUT2D eigenvalue weighted by atomic mass is 16.5. The Kier molecular flexibility index (Phi) is 4.51. The number of aryl methyl sites for hydroxylation is 2. The lowest BCUT2D eigenvalue weighted by molar-refractivity contribution is 0.102. The zero-order valence-electron chi connectivity index (χ0n) is 14.2. The Hall–Kier alpha value is -2.82. The van der Waals surface area contributed by atoms with Crippen LogP contribution in [0.5, 0.6) is 5.75 Å². The fourth-order valence-electron chi connectivity index (χ4n) is 2.73. The summed E-state index contributed by atoms with van der Waals surface area (Å²) in [4.78, 5) is 17.2. The highest BCUT2D eigenvalue weighted by Crippen LogP contribution is 2.24. The van der Waals surface area contributed by atoms with Crippen molar-refractivity contribution in [2.24, 2.45) is 0 Å². The molecular weight excluding hydrogens is 302 g/mol. The predicted octanol–water partition coefficient (Wildman–Crippen LogP) is 3.86. The lowest BCUT2D eigenvalue weighted by Gasteiger charge is -2.11. The molecule has 0 saturated carbocycles. The smallest absolute Gasteiger partial charge is 0.257 e. The van der Waals surface area contributed by atoms with Gasteiger partial charge in [-0.05, 0) is 44.5 Å². The Morgan fingerprint density at radius 1 is 1.21 bits per heavy atom. The van der Waals surface area contributed by atoms with Gasteiger partial charge in [-0.25, -0.2) is 4.98 Å². The number of para-hydroxylation sites is 2. The number of nitrogens with one attached hydrogen (secondary N) is 1. The number of ether oxygens (including phenoxy) is 1. The number of hydrogen-bond acceptors (Lipinski definition) is 3. The van der Waals surface area contributed by atoms with Gasteiger partial charge in [-0.3, -0.25) is 4.79 Å². The fourth-order valence-corrected chi connectivity index (χ4v) is 2.73. The first-order valence-electron chi connectivity index (χ1n) is 8.14. The van der Waals surface area contributed by atoms with Gasteiger partial charge in [-0.15, -0.1) is 0 Å². The molecule has 0 aliphatic carbocycles. The van der Waals surface area contributed by atoms with Gasteiger partial charge in [0.2, 0.25) is 0 Å². The van der Waals surface area contributed by atoms with Crippen LogP contribution >= 0.6 is 0 Å². The van der Waals surface area contributed by atoms with E-state index in [1.54, 1.807) is 6.07 Å². The van der Waals surface area contributed by atoms with Gasteiger partial charge < -0.3 is 14.5 Å². The first-order chi connectivity index (χ1) is 11.6. The number of anilines is 1. The van der Waals surface area contributed by atoms with Crippen LogP contribution in [-0.4, -0.2) is 21.9 Å². The van der Waals surface area contributed by atoms with Gasteiger partial charge in [-0.1, -0.05) is 19.1 Å². The van der Waals surface area contributed by atoms with E-state index in [0.29, 0.717) is 23.6 Å². The Morgan fingerprint density at radius 2 is 2.00 bits per heavy atom. The number of amides is 1. The van der Waals surface area contributed by atoms with Crippen molar-refractivity contribution in [1.29, 1.82) is 0 Å². The molecule has 5 heteroatoms. The van der Waals surface area contributed by atoms with E-state index in [-0.39, 0.29) is 5.91 Å². The number of nitrogens with zero attached hydrogens (tertiary/aromatic N) is 2. The number of rotatable bonds is 5. The van der Waals surface area contributed by atoms with Crippen LogP contribution in [0, 0.1) is 6.92 Å². The van der Waals surface area contributed by atoms with E-state index in [0.717, 1.165) is 23.5 Å². The molecule has 124 valence electrons. The van der Waals surface area contributed by atoms with Crippen LogP contribution in [0.4, 0.5) is 5.69 Å². The van der Waals surface area contributed by atoms with E-state index < -0.39 is 0 Å². The van der Waals surface area contributed by atoms with Crippen molar-refractivity contribution < 1.29 is 9.53 Å². The normalized spacial score (nSPS) is 10.8. The average molecular weight is 323 g/mol. The molecule has 2 aromatic heterocycles. The number of benzene rings is 1. The van der Waals surface area contributed by atoms with Crippen molar-refractivity contribution in [2.45, 2.75) is 27.2 Å². The maximum absolute atomic E-state index is 12.6. The van der Waals surface area contributed by atoms with Crippen LogP contribution in [0.2, 0.25) is 0 Å². The molecule has 0 radical (unpaired) electrons. The van der Waals surface area contributed by atoms with Crippen LogP contribution in [0.15, 0.2) is 42.6 Å². The Labute approximate surface area is 141 Å². The Balaban J connectivity index is 1.90. The molecule has 3 aromatic rings. The molecule has 0 saturated heterocycles. The third-order valence-electron chi connectivity index (χ3n) is 3.99. The van der Waals surface area contributed by atoms with Crippen LogP contribution in [-0.2, 0) is 6.42 Å². The summed E-state index contributed by atoms with van der Waals surface area (Å²) in [5.74, 6) is 0.497.